The maximum Gasteiger partial charge on any atom is 0.163 e. The van der Waals surface area contributed by atoms with Crippen molar-refractivity contribution in [3.05, 3.63) is 35.5 Å². The first-order valence-corrected chi connectivity index (χ1v) is 11.0. The molecule has 1 saturated heterocycles. The second-order valence-corrected chi connectivity index (χ2v) is 10.6. The molecule has 1 N–H and O–H groups in total. The van der Waals surface area contributed by atoms with Crippen LogP contribution in [0.5, 0.6) is 0 Å². The molecule has 154 valence electrons. The molecule has 3 aliphatic carbocycles. The van der Waals surface area contributed by atoms with Crippen molar-refractivity contribution in [3.63, 3.8) is 0 Å². The van der Waals surface area contributed by atoms with Crippen LogP contribution in [0.25, 0.3) is 0 Å². The molecule has 0 radical (unpaired) electrons. The summed E-state index contributed by atoms with van der Waals surface area (Å²) < 4.78 is 5.72. The molecule has 1 aliphatic heterocycles. The van der Waals surface area contributed by atoms with Crippen molar-refractivity contribution in [2.24, 2.45) is 35.0 Å². The summed E-state index contributed by atoms with van der Waals surface area (Å²) >= 11 is 0. The van der Waals surface area contributed by atoms with Crippen LogP contribution >= 0.6 is 0 Å². The van der Waals surface area contributed by atoms with Crippen molar-refractivity contribution in [1.82, 2.24) is 0 Å². The van der Waals surface area contributed by atoms with Crippen molar-refractivity contribution in [1.29, 1.82) is 0 Å². The van der Waals surface area contributed by atoms with E-state index >= 15 is 0 Å². The zero-order chi connectivity index (χ0) is 20.3. The minimum absolute atomic E-state index is 0.00564. The fraction of sp³-hybridized carbons (Fsp3) is 0.720. The number of ether oxygens (including phenoxy) is 1. The molecule has 0 aromatic rings. The van der Waals surface area contributed by atoms with E-state index in [-0.39, 0.29) is 41.3 Å². The highest BCUT2D eigenvalue weighted by Gasteiger charge is 2.51. The molecule has 4 rings (SSSR count). The smallest absolute Gasteiger partial charge is 0.163 e. The van der Waals surface area contributed by atoms with E-state index in [4.69, 9.17) is 4.74 Å². The van der Waals surface area contributed by atoms with E-state index in [0.29, 0.717) is 17.8 Å². The highest BCUT2D eigenvalue weighted by atomic mass is 16.6. The maximum absolute atomic E-state index is 12.6. The number of ketones is 1. The molecule has 1 saturated carbocycles. The van der Waals surface area contributed by atoms with Gasteiger partial charge in [0.05, 0.1) is 18.1 Å². The molecule has 28 heavy (non-hydrogen) atoms. The summed E-state index contributed by atoms with van der Waals surface area (Å²) in [6.07, 6.45) is 13.5. The lowest BCUT2D eigenvalue weighted by atomic mass is 9.63. The lowest BCUT2D eigenvalue weighted by Crippen LogP contribution is -2.35. The van der Waals surface area contributed by atoms with E-state index in [1.807, 2.05) is 6.08 Å². The summed E-state index contributed by atoms with van der Waals surface area (Å²) in [6.45, 7) is 11.2. The Morgan fingerprint density at radius 3 is 2.71 bits per heavy atom. The van der Waals surface area contributed by atoms with Gasteiger partial charge in [0.2, 0.25) is 0 Å². The second kappa shape index (κ2) is 6.95. The minimum atomic E-state index is -0.117. The third-order valence-corrected chi connectivity index (χ3v) is 8.35. The normalized spacial score (nSPS) is 44.9. The predicted molar refractivity (Wildman–Crippen MR) is 112 cm³/mol. The fourth-order valence-corrected chi connectivity index (χ4v) is 6.40. The lowest BCUT2D eigenvalue weighted by Gasteiger charge is -2.41. The zero-order valence-corrected chi connectivity index (χ0v) is 18.1. The van der Waals surface area contributed by atoms with E-state index in [1.54, 1.807) is 0 Å². The predicted octanol–water partition coefficient (Wildman–Crippen LogP) is 4.86. The first-order valence-electron chi connectivity index (χ1n) is 11.0. The molecule has 0 aromatic heterocycles. The van der Waals surface area contributed by atoms with Crippen LogP contribution in [0.2, 0.25) is 0 Å². The van der Waals surface area contributed by atoms with Gasteiger partial charge in [-0.05, 0) is 87.2 Å². The Labute approximate surface area is 169 Å². The SMILES string of the molecule is CC1=CC(=O)[C@H]2/C(CO)=C\C[C@H]3[C@@H]([C@@H](C)/C=C\[C@@H]4OC4(C)C)CC[C@]3(C)C[C@H]12. The van der Waals surface area contributed by atoms with Crippen LogP contribution in [-0.2, 0) is 9.53 Å². The van der Waals surface area contributed by atoms with Gasteiger partial charge in [-0.2, -0.15) is 0 Å². The van der Waals surface area contributed by atoms with Gasteiger partial charge in [0, 0.05) is 0 Å². The van der Waals surface area contributed by atoms with Crippen LogP contribution in [0.3, 0.4) is 0 Å². The molecule has 0 amide bonds. The Hall–Kier alpha value is -1.19. The molecule has 3 nitrogen and oxygen atoms in total. The summed E-state index contributed by atoms with van der Waals surface area (Å²) in [5, 5.41) is 9.97. The summed E-state index contributed by atoms with van der Waals surface area (Å²) in [5.41, 5.74) is 2.43. The van der Waals surface area contributed by atoms with Crippen molar-refractivity contribution in [2.75, 3.05) is 6.61 Å². The number of epoxide rings is 1. The molecule has 0 bridgehead atoms. The monoisotopic (exact) mass is 384 g/mol. The van der Waals surface area contributed by atoms with Gasteiger partial charge in [0.15, 0.2) is 5.78 Å². The maximum atomic E-state index is 12.6. The first kappa shape index (κ1) is 20.1. The molecule has 0 spiro atoms. The third-order valence-electron chi connectivity index (χ3n) is 8.35. The van der Waals surface area contributed by atoms with E-state index in [2.05, 4.69) is 52.8 Å². The van der Waals surface area contributed by atoms with E-state index in [0.717, 1.165) is 18.4 Å². The Morgan fingerprint density at radius 1 is 1.36 bits per heavy atom. The van der Waals surface area contributed by atoms with Crippen molar-refractivity contribution >= 4 is 5.78 Å². The van der Waals surface area contributed by atoms with Crippen molar-refractivity contribution < 1.29 is 14.6 Å². The average Bonchev–Trinajstić information content (AvgIpc) is 2.97. The molecule has 0 aromatic carbocycles. The molecule has 4 aliphatic rings. The standard InChI is InChI=1S/C25H36O3/c1-15(6-9-22-24(3,4)28-22)18-10-11-25(5)13-19-16(2)12-21(27)23(19)17(14-26)7-8-20(18)25/h6-7,9,12,15,18-20,22-23,26H,8,10-11,13-14H2,1-5H3/b9-6-,17-7-/t15-,18+,19+,20-,22-,23-,25+/m0/s1. The van der Waals surface area contributed by atoms with Gasteiger partial charge < -0.3 is 9.84 Å². The number of aliphatic hydroxyl groups is 1. The number of fused-ring (bicyclic) bond motifs is 2. The van der Waals surface area contributed by atoms with E-state index < -0.39 is 0 Å². The summed E-state index contributed by atoms with van der Waals surface area (Å²) in [6, 6.07) is 0. The van der Waals surface area contributed by atoms with Gasteiger partial charge in [-0.15, -0.1) is 0 Å². The summed E-state index contributed by atoms with van der Waals surface area (Å²) in [7, 11) is 0. The van der Waals surface area contributed by atoms with E-state index in [1.165, 1.54) is 18.4 Å². The molecular formula is C25H36O3. The molecule has 2 fully saturated rings. The Balaban J connectivity index is 1.57. The molecule has 7 atom stereocenters. The highest BCUT2D eigenvalue weighted by molar-refractivity contribution is 5.97. The van der Waals surface area contributed by atoms with Crippen molar-refractivity contribution in [2.45, 2.75) is 72.0 Å². The van der Waals surface area contributed by atoms with Crippen LogP contribution in [-0.4, -0.2) is 29.2 Å². The van der Waals surface area contributed by atoms with Crippen LogP contribution < -0.4 is 0 Å². The average molecular weight is 385 g/mol. The quantitative estimate of drug-likeness (QED) is 0.556. The van der Waals surface area contributed by atoms with Gasteiger partial charge in [-0.25, -0.2) is 0 Å². The number of aliphatic hydroxyl groups excluding tert-OH is 1. The van der Waals surface area contributed by atoms with Gasteiger partial charge in [-0.1, -0.05) is 37.6 Å². The number of carbonyl (C=O) groups is 1. The molecular weight excluding hydrogens is 348 g/mol. The highest BCUT2D eigenvalue weighted by Crippen LogP contribution is 2.58. The number of allylic oxidation sites excluding steroid dienone is 4. The van der Waals surface area contributed by atoms with Crippen LogP contribution in [0.15, 0.2) is 35.5 Å². The largest absolute Gasteiger partial charge is 0.392 e. The van der Waals surface area contributed by atoms with Crippen molar-refractivity contribution in [3.8, 4) is 0 Å². The Kier molecular flexibility index (Phi) is 4.99. The summed E-state index contributed by atoms with van der Waals surface area (Å²) in [4.78, 5) is 12.6. The molecule has 1 heterocycles. The van der Waals surface area contributed by atoms with Crippen LogP contribution in [0.4, 0.5) is 0 Å². The van der Waals surface area contributed by atoms with Gasteiger partial charge in [0.1, 0.15) is 6.10 Å². The Bertz CT molecular complexity index is 743. The van der Waals surface area contributed by atoms with Crippen LogP contribution in [0.1, 0.15) is 60.3 Å². The van der Waals surface area contributed by atoms with Gasteiger partial charge in [0.25, 0.3) is 0 Å². The third kappa shape index (κ3) is 3.35. The number of carbonyl (C=O) groups excluding carboxylic acids is 1. The van der Waals surface area contributed by atoms with Gasteiger partial charge >= 0.3 is 0 Å². The van der Waals surface area contributed by atoms with Crippen LogP contribution in [0, 0.1) is 35.0 Å². The fourth-order valence-electron chi connectivity index (χ4n) is 6.40. The second-order valence-electron chi connectivity index (χ2n) is 10.6. The molecule has 3 heteroatoms. The topological polar surface area (TPSA) is 49.8 Å². The minimum Gasteiger partial charge on any atom is -0.392 e. The van der Waals surface area contributed by atoms with E-state index in [9.17, 15) is 9.90 Å². The van der Waals surface area contributed by atoms with Gasteiger partial charge in [-0.3, -0.25) is 4.79 Å². The molecule has 0 unspecified atom stereocenters. The number of hydrogen-bond acceptors (Lipinski definition) is 3. The lowest BCUT2D eigenvalue weighted by molar-refractivity contribution is -0.117. The summed E-state index contributed by atoms with van der Waals surface area (Å²) in [5.74, 6) is 2.12. The zero-order valence-electron chi connectivity index (χ0n) is 18.1. The first-order chi connectivity index (χ1) is 13.2. The number of hydrogen-bond donors (Lipinski definition) is 1. The number of rotatable bonds is 4. The Morgan fingerprint density at radius 2 is 2.07 bits per heavy atom.